The SMILES string of the molecule is Cc1ccc(Cn2c(=O)c3ccccc3n3c(CCC(=O)NC4CCCCC4)nnc23)cc1. The number of nitrogens with one attached hydrogen (secondary N) is 1. The second-order valence-electron chi connectivity index (χ2n) is 9.05. The van der Waals surface area contributed by atoms with Gasteiger partial charge in [-0.05, 0) is 37.5 Å². The number of para-hydroxylation sites is 1. The molecule has 1 amide bonds. The highest BCUT2D eigenvalue weighted by atomic mass is 16.1. The summed E-state index contributed by atoms with van der Waals surface area (Å²) in [6.07, 6.45) is 6.57. The lowest BCUT2D eigenvalue weighted by Gasteiger charge is -2.22. The van der Waals surface area contributed by atoms with Crippen LogP contribution in [-0.4, -0.2) is 31.1 Å². The number of hydrogen-bond acceptors (Lipinski definition) is 4. The number of amides is 1. The van der Waals surface area contributed by atoms with Crippen molar-refractivity contribution in [2.75, 3.05) is 0 Å². The highest BCUT2D eigenvalue weighted by molar-refractivity contribution is 5.80. The van der Waals surface area contributed by atoms with Crippen molar-refractivity contribution in [2.24, 2.45) is 0 Å². The van der Waals surface area contributed by atoms with Crippen molar-refractivity contribution in [3.05, 3.63) is 75.8 Å². The normalized spacial score (nSPS) is 14.7. The zero-order valence-corrected chi connectivity index (χ0v) is 19.0. The zero-order chi connectivity index (χ0) is 22.8. The smallest absolute Gasteiger partial charge is 0.263 e. The van der Waals surface area contributed by atoms with Crippen LogP contribution in [0.4, 0.5) is 0 Å². The van der Waals surface area contributed by atoms with Crippen LogP contribution in [0.25, 0.3) is 16.7 Å². The Kier molecular flexibility index (Phi) is 5.94. The molecule has 1 aliphatic carbocycles. The van der Waals surface area contributed by atoms with E-state index in [0.717, 1.165) is 23.9 Å². The first-order valence-corrected chi connectivity index (χ1v) is 11.8. The van der Waals surface area contributed by atoms with Crippen molar-refractivity contribution in [3.63, 3.8) is 0 Å². The average molecular weight is 444 g/mol. The summed E-state index contributed by atoms with van der Waals surface area (Å²) in [5.41, 5.74) is 2.88. The molecule has 1 N–H and O–H groups in total. The summed E-state index contributed by atoms with van der Waals surface area (Å²) in [6.45, 7) is 2.45. The second kappa shape index (κ2) is 9.17. The lowest BCUT2D eigenvalue weighted by atomic mass is 9.95. The molecule has 170 valence electrons. The molecule has 0 aliphatic heterocycles. The quantitative estimate of drug-likeness (QED) is 0.492. The minimum absolute atomic E-state index is 0.0518. The number of benzene rings is 2. The average Bonchev–Trinajstić information content (AvgIpc) is 3.26. The van der Waals surface area contributed by atoms with E-state index in [1.54, 1.807) is 4.57 Å². The first-order valence-electron chi connectivity index (χ1n) is 11.8. The predicted molar refractivity (Wildman–Crippen MR) is 128 cm³/mol. The number of carbonyl (C=O) groups is 1. The van der Waals surface area contributed by atoms with Gasteiger partial charge in [0.05, 0.1) is 17.4 Å². The Balaban J connectivity index is 1.47. The van der Waals surface area contributed by atoms with Crippen molar-refractivity contribution >= 4 is 22.6 Å². The van der Waals surface area contributed by atoms with E-state index in [9.17, 15) is 9.59 Å². The third-order valence-electron chi connectivity index (χ3n) is 6.58. The van der Waals surface area contributed by atoms with Gasteiger partial charge in [-0.2, -0.15) is 0 Å². The van der Waals surface area contributed by atoms with Crippen molar-refractivity contribution in [2.45, 2.75) is 64.5 Å². The molecule has 7 nitrogen and oxygen atoms in total. The fraction of sp³-hybridized carbons (Fsp3) is 0.385. The van der Waals surface area contributed by atoms with Gasteiger partial charge in [0.1, 0.15) is 5.82 Å². The van der Waals surface area contributed by atoms with Gasteiger partial charge >= 0.3 is 0 Å². The van der Waals surface area contributed by atoms with Crippen LogP contribution in [0.1, 0.15) is 55.5 Å². The van der Waals surface area contributed by atoms with Gasteiger partial charge in [-0.1, -0.05) is 61.2 Å². The van der Waals surface area contributed by atoms with E-state index in [1.807, 2.05) is 59.9 Å². The molecule has 0 atom stereocenters. The van der Waals surface area contributed by atoms with Crippen molar-refractivity contribution in [1.29, 1.82) is 0 Å². The summed E-state index contributed by atoms with van der Waals surface area (Å²) in [5.74, 6) is 1.25. The molecule has 2 aromatic heterocycles. The van der Waals surface area contributed by atoms with E-state index in [-0.39, 0.29) is 11.5 Å². The number of aromatic nitrogens is 4. The molecule has 0 radical (unpaired) electrons. The van der Waals surface area contributed by atoms with E-state index >= 15 is 0 Å². The Bertz CT molecular complexity index is 1350. The summed E-state index contributed by atoms with van der Waals surface area (Å²) < 4.78 is 3.60. The van der Waals surface area contributed by atoms with Crippen LogP contribution in [0.3, 0.4) is 0 Å². The van der Waals surface area contributed by atoms with E-state index in [1.165, 1.54) is 24.8 Å². The molecule has 1 saturated carbocycles. The molecule has 1 fully saturated rings. The van der Waals surface area contributed by atoms with E-state index in [4.69, 9.17) is 0 Å². The first kappa shape index (κ1) is 21.4. The van der Waals surface area contributed by atoms with Gasteiger partial charge in [-0.25, -0.2) is 0 Å². The topological polar surface area (TPSA) is 81.3 Å². The van der Waals surface area contributed by atoms with E-state index in [2.05, 4.69) is 15.5 Å². The number of carbonyl (C=O) groups excluding carboxylic acids is 1. The number of fused-ring (bicyclic) bond motifs is 3. The molecule has 2 aromatic carbocycles. The largest absolute Gasteiger partial charge is 0.353 e. The Hall–Kier alpha value is -3.48. The molecule has 0 saturated heterocycles. The maximum atomic E-state index is 13.3. The summed E-state index contributed by atoms with van der Waals surface area (Å²) in [6, 6.07) is 16.0. The molecule has 0 unspecified atom stereocenters. The van der Waals surface area contributed by atoms with Gasteiger partial charge in [0.15, 0.2) is 0 Å². The summed E-state index contributed by atoms with van der Waals surface area (Å²) >= 11 is 0. The van der Waals surface area contributed by atoms with Crippen LogP contribution in [0.15, 0.2) is 53.3 Å². The summed E-state index contributed by atoms with van der Waals surface area (Å²) in [4.78, 5) is 25.9. The van der Waals surface area contributed by atoms with Crippen LogP contribution < -0.4 is 10.9 Å². The highest BCUT2D eigenvalue weighted by Gasteiger charge is 2.19. The number of aryl methyl sites for hydroxylation is 2. The Morgan fingerprint density at radius 1 is 1.03 bits per heavy atom. The summed E-state index contributed by atoms with van der Waals surface area (Å²) in [5, 5.41) is 12.6. The minimum atomic E-state index is -0.0901. The third-order valence-corrected chi connectivity index (χ3v) is 6.58. The van der Waals surface area contributed by atoms with Crippen LogP contribution in [0, 0.1) is 6.92 Å². The van der Waals surface area contributed by atoms with Crippen molar-refractivity contribution in [3.8, 4) is 0 Å². The van der Waals surface area contributed by atoms with Crippen LogP contribution in [0.2, 0.25) is 0 Å². The van der Waals surface area contributed by atoms with Crippen LogP contribution in [0.5, 0.6) is 0 Å². The number of nitrogens with zero attached hydrogens (tertiary/aromatic N) is 4. The molecule has 2 heterocycles. The fourth-order valence-electron chi connectivity index (χ4n) is 4.77. The number of hydrogen-bond donors (Lipinski definition) is 1. The minimum Gasteiger partial charge on any atom is -0.353 e. The number of rotatable bonds is 6. The van der Waals surface area contributed by atoms with Crippen molar-refractivity contribution < 1.29 is 4.79 Å². The molecule has 7 heteroatoms. The molecule has 0 spiro atoms. The lowest BCUT2D eigenvalue weighted by molar-refractivity contribution is -0.122. The molecule has 4 aromatic rings. The van der Waals surface area contributed by atoms with Gasteiger partial charge in [-0.3, -0.25) is 18.6 Å². The molecule has 5 rings (SSSR count). The van der Waals surface area contributed by atoms with Crippen molar-refractivity contribution in [1.82, 2.24) is 24.5 Å². The monoisotopic (exact) mass is 443 g/mol. The first-order chi connectivity index (χ1) is 16.1. The highest BCUT2D eigenvalue weighted by Crippen LogP contribution is 2.19. The van der Waals surface area contributed by atoms with E-state index in [0.29, 0.717) is 42.4 Å². The van der Waals surface area contributed by atoms with Crippen LogP contribution in [-0.2, 0) is 17.8 Å². The zero-order valence-electron chi connectivity index (χ0n) is 19.0. The van der Waals surface area contributed by atoms with Gasteiger partial charge in [0.25, 0.3) is 5.56 Å². The molecular formula is C26H29N5O2. The molecular weight excluding hydrogens is 414 g/mol. The Morgan fingerprint density at radius 2 is 1.79 bits per heavy atom. The van der Waals surface area contributed by atoms with Gasteiger partial charge in [0.2, 0.25) is 11.7 Å². The third kappa shape index (κ3) is 4.40. The maximum absolute atomic E-state index is 13.3. The van der Waals surface area contributed by atoms with Gasteiger partial charge < -0.3 is 5.32 Å². The van der Waals surface area contributed by atoms with Crippen LogP contribution >= 0.6 is 0 Å². The molecule has 33 heavy (non-hydrogen) atoms. The fourth-order valence-corrected chi connectivity index (χ4v) is 4.77. The second-order valence-corrected chi connectivity index (χ2v) is 9.05. The maximum Gasteiger partial charge on any atom is 0.263 e. The van der Waals surface area contributed by atoms with E-state index < -0.39 is 0 Å². The molecule has 1 aliphatic rings. The van der Waals surface area contributed by atoms with Gasteiger partial charge in [-0.15, -0.1) is 10.2 Å². The predicted octanol–water partition coefficient (Wildman–Crippen LogP) is 3.78. The lowest BCUT2D eigenvalue weighted by Crippen LogP contribution is -2.36. The Labute approximate surface area is 192 Å². The summed E-state index contributed by atoms with van der Waals surface area (Å²) in [7, 11) is 0. The van der Waals surface area contributed by atoms with Gasteiger partial charge in [0, 0.05) is 18.9 Å². The Morgan fingerprint density at radius 3 is 2.58 bits per heavy atom. The molecule has 0 bridgehead atoms. The standard InChI is InChI=1S/C26H29N5O2/c1-18-11-13-19(14-12-18)17-30-25(33)21-9-5-6-10-22(21)31-23(28-29-26(30)31)15-16-24(32)27-20-7-3-2-4-8-20/h5-6,9-14,20H,2-4,7-8,15-17H2,1H3,(H,27,32).